The highest BCUT2D eigenvalue weighted by Crippen LogP contribution is 2.38. The summed E-state index contributed by atoms with van der Waals surface area (Å²) in [6.45, 7) is 11.0. The Labute approximate surface area is 248 Å². The minimum atomic E-state index is -0.594. The third-order valence-electron chi connectivity index (χ3n) is 8.22. The van der Waals surface area contributed by atoms with Crippen molar-refractivity contribution in [3.05, 3.63) is 54.6 Å². The first-order valence-electron chi connectivity index (χ1n) is 15.1. The third-order valence-corrected chi connectivity index (χ3v) is 8.22. The Morgan fingerprint density at radius 2 is 0.976 bits per heavy atom. The van der Waals surface area contributed by atoms with Crippen LogP contribution in [0.25, 0.3) is 32.3 Å². The van der Waals surface area contributed by atoms with Gasteiger partial charge in [-0.3, -0.25) is 0 Å². The van der Waals surface area contributed by atoms with Gasteiger partial charge in [-0.15, -0.1) is 0 Å². The van der Waals surface area contributed by atoms with Crippen LogP contribution in [0.1, 0.15) is 13.8 Å². The lowest BCUT2D eigenvalue weighted by Crippen LogP contribution is -2.42. The Kier molecular flexibility index (Phi) is 9.41. The molecule has 0 amide bonds. The maximum Gasteiger partial charge on any atom is 0.112 e. The highest BCUT2D eigenvalue weighted by Gasteiger charge is 2.29. The molecule has 0 N–H and O–H groups in total. The van der Waals surface area contributed by atoms with Crippen molar-refractivity contribution < 1.29 is 33.2 Å². The first-order chi connectivity index (χ1) is 20.5. The molecule has 8 nitrogen and oxygen atoms in total. The van der Waals surface area contributed by atoms with Crippen LogP contribution in [0, 0.1) is 0 Å². The fourth-order valence-electron chi connectivity index (χ4n) is 6.01. The fourth-order valence-corrected chi connectivity index (χ4v) is 6.01. The van der Waals surface area contributed by atoms with E-state index in [1.54, 1.807) is 0 Å². The molecule has 2 atom stereocenters. The Morgan fingerprint density at radius 1 is 0.500 bits per heavy atom. The molecule has 0 saturated carbocycles. The van der Waals surface area contributed by atoms with Crippen molar-refractivity contribution in [1.29, 1.82) is 0 Å². The van der Waals surface area contributed by atoms with Gasteiger partial charge in [0.15, 0.2) is 0 Å². The van der Waals surface area contributed by atoms with E-state index in [0.717, 1.165) is 0 Å². The quantitative estimate of drug-likeness (QED) is 0.291. The van der Waals surface area contributed by atoms with Crippen molar-refractivity contribution in [2.24, 2.45) is 0 Å². The van der Waals surface area contributed by atoms with Crippen LogP contribution in [-0.4, -0.2) is 104 Å². The molecule has 2 fully saturated rings. The van der Waals surface area contributed by atoms with E-state index in [2.05, 4.69) is 59.5 Å². The molecule has 2 heterocycles. The molecule has 6 rings (SSSR count). The van der Waals surface area contributed by atoms with Gasteiger partial charge in [0, 0.05) is 24.2 Å². The number of fused-ring (bicyclic) bond motifs is 7. The number of benzene rings is 4. The number of nitrogens with zero attached hydrogens (tertiary/aromatic N) is 1. The molecule has 2 aliphatic heterocycles. The summed E-state index contributed by atoms with van der Waals surface area (Å²) in [7, 11) is 0. The second kappa shape index (κ2) is 13.4. The van der Waals surface area contributed by atoms with Gasteiger partial charge in [-0.2, -0.15) is 0 Å². The van der Waals surface area contributed by atoms with E-state index in [1.165, 1.54) is 38.0 Å². The van der Waals surface area contributed by atoms with Gasteiger partial charge in [0.25, 0.3) is 0 Å². The molecule has 0 aliphatic carbocycles. The first kappa shape index (κ1) is 29.5. The summed E-state index contributed by atoms with van der Waals surface area (Å²) in [5, 5.41) is 7.65. The normalized spacial score (nSPS) is 26.9. The average molecular weight is 578 g/mol. The van der Waals surface area contributed by atoms with Gasteiger partial charge in [-0.05, 0) is 46.8 Å². The van der Waals surface area contributed by atoms with Crippen LogP contribution in [0.15, 0.2) is 54.6 Å². The van der Waals surface area contributed by atoms with Crippen molar-refractivity contribution in [2.75, 3.05) is 97.3 Å². The third kappa shape index (κ3) is 6.81. The minimum absolute atomic E-state index is 0.409. The van der Waals surface area contributed by atoms with Crippen LogP contribution in [-0.2, 0) is 33.2 Å². The summed E-state index contributed by atoms with van der Waals surface area (Å²) < 4.78 is 42.7. The van der Waals surface area contributed by atoms with E-state index < -0.39 is 11.2 Å². The molecular formula is C34H43NO7. The lowest BCUT2D eigenvalue weighted by molar-refractivity contribution is -0.136. The molecule has 0 radical (unpaired) electrons. The average Bonchev–Trinajstić information content (AvgIpc) is 3.00. The predicted molar refractivity (Wildman–Crippen MR) is 165 cm³/mol. The molecule has 226 valence electrons. The van der Waals surface area contributed by atoms with Crippen LogP contribution < -0.4 is 4.90 Å². The second-order valence-corrected chi connectivity index (χ2v) is 11.8. The Morgan fingerprint density at radius 3 is 1.57 bits per heavy atom. The molecule has 42 heavy (non-hydrogen) atoms. The van der Waals surface area contributed by atoms with Crippen LogP contribution >= 0.6 is 0 Å². The molecular weight excluding hydrogens is 534 g/mol. The van der Waals surface area contributed by atoms with Crippen LogP contribution in [0.3, 0.4) is 0 Å². The van der Waals surface area contributed by atoms with E-state index in [4.69, 9.17) is 33.2 Å². The van der Waals surface area contributed by atoms with Gasteiger partial charge in [-0.25, -0.2) is 0 Å². The highest BCUT2D eigenvalue weighted by atomic mass is 16.6. The summed E-state index contributed by atoms with van der Waals surface area (Å²) in [4.78, 5) is 2.38. The summed E-state index contributed by atoms with van der Waals surface area (Å²) in [6.07, 6.45) is 0. The smallest absolute Gasteiger partial charge is 0.112 e. The predicted octanol–water partition coefficient (Wildman–Crippen LogP) is 5.05. The highest BCUT2D eigenvalue weighted by molar-refractivity contribution is 6.25. The zero-order chi connectivity index (χ0) is 28.8. The van der Waals surface area contributed by atoms with Gasteiger partial charge >= 0.3 is 0 Å². The summed E-state index contributed by atoms with van der Waals surface area (Å²) >= 11 is 0. The molecule has 0 aromatic heterocycles. The van der Waals surface area contributed by atoms with Crippen LogP contribution in [0.2, 0.25) is 0 Å². The topological polar surface area (TPSA) is 67.9 Å². The lowest BCUT2D eigenvalue weighted by atomic mass is 9.93. The van der Waals surface area contributed by atoms with E-state index in [1.807, 2.05) is 13.8 Å². The Bertz CT molecular complexity index is 1400. The molecule has 2 bridgehead atoms. The number of rotatable bonds is 1. The molecule has 4 aromatic carbocycles. The maximum atomic E-state index is 6.27. The Hall–Kier alpha value is -2.56. The molecule has 8 heteroatoms. The summed E-state index contributed by atoms with van der Waals surface area (Å²) in [5.74, 6) is 0. The first-order valence-corrected chi connectivity index (χ1v) is 15.1. The van der Waals surface area contributed by atoms with E-state index in [0.29, 0.717) is 92.4 Å². The number of hydrogen-bond donors (Lipinski definition) is 0. The fraction of sp³-hybridized carbons (Fsp3) is 0.529. The van der Waals surface area contributed by atoms with Crippen LogP contribution in [0.5, 0.6) is 0 Å². The molecule has 2 saturated heterocycles. The van der Waals surface area contributed by atoms with Crippen molar-refractivity contribution in [1.82, 2.24) is 0 Å². The van der Waals surface area contributed by atoms with E-state index >= 15 is 0 Å². The number of anilines is 1. The van der Waals surface area contributed by atoms with Gasteiger partial charge in [0.2, 0.25) is 0 Å². The summed E-state index contributed by atoms with van der Waals surface area (Å²) in [5.41, 5.74) is -0.00509. The molecule has 4 aromatic rings. The van der Waals surface area contributed by atoms with E-state index in [-0.39, 0.29) is 0 Å². The largest absolute Gasteiger partial charge is 0.377 e. The minimum Gasteiger partial charge on any atom is -0.377 e. The van der Waals surface area contributed by atoms with Crippen molar-refractivity contribution in [3.63, 3.8) is 0 Å². The lowest BCUT2D eigenvalue weighted by Gasteiger charge is -2.32. The van der Waals surface area contributed by atoms with Gasteiger partial charge in [0.05, 0.1) is 79.3 Å². The molecule has 2 aliphatic rings. The van der Waals surface area contributed by atoms with Gasteiger partial charge in [-0.1, -0.05) is 48.5 Å². The maximum absolute atomic E-state index is 6.27. The Balaban J connectivity index is 1.29. The zero-order valence-corrected chi connectivity index (χ0v) is 24.9. The number of hydrogen-bond acceptors (Lipinski definition) is 8. The van der Waals surface area contributed by atoms with Crippen molar-refractivity contribution in [3.8, 4) is 0 Å². The standard InChI is InChI=1S/C34H43NO7/c1-33-22-37-14-12-35(30-11-9-28-7-6-26-4-3-5-27-8-10-29(30)32(28)31(26)27)13-15-38-23-34(2,25-40-17-16-39-24-33)42-21-19-36-18-20-41-33/h3-11H,12-25H2,1-2H3. The SMILES string of the molecule is CC12COCCOCC(C)(COCCN(c3ccc4ccc5cccc6ccc3c4c56)CCOC1)OCCOCCO2. The van der Waals surface area contributed by atoms with Gasteiger partial charge < -0.3 is 38.1 Å². The number of ether oxygens (including phenoxy) is 7. The zero-order valence-electron chi connectivity index (χ0n) is 24.9. The second-order valence-electron chi connectivity index (χ2n) is 11.8. The monoisotopic (exact) mass is 577 g/mol. The molecule has 0 spiro atoms. The molecule has 2 unspecified atom stereocenters. The van der Waals surface area contributed by atoms with Crippen LogP contribution in [0.4, 0.5) is 5.69 Å². The summed E-state index contributed by atoms with van der Waals surface area (Å²) in [6, 6.07) is 19.9. The van der Waals surface area contributed by atoms with Crippen molar-refractivity contribution >= 4 is 38.0 Å². The van der Waals surface area contributed by atoms with Crippen molar-refractivity contribution in [2.45, 2.75) is 25.0 Å². The van der Waals surface area contributed by atoms with Gasteiger partial charge in [0.1, 0.15) is 11.2 Å². The van der Waals surface area contributed by atoms with E-state index in [9.17, 15) is 0 Å².